The van der Waals surface area contributed by atoms with Gasteiger partial charge in [0.2, 0.25) is 0 Å². The van der Waals surface area contributed by atoms with Gasteiger partial charge in [0.05, 0.1) is 5.71 Å². The molecule has 0 saturated heterocycles. The molecule has 0 radical (unpaired) electrons. The Morgan fingerprint density at radius 3 is 2.90 bits per heavy atom. The van der Waals surface area contributed by atoms with Gasteiger partial charge in [-0.05, 0) is 30.7 Å². The van der Waals surface area contributed by atoms with Crippen LogP contribution >= 0.6 is 0 Å². The van der Waals surface area contributed by atoms with E-state index in [0.29, 0.717) is 0 Å². The highest BCUT2D eigenvalue weighted by molar-refractivity contribution is 6.08. The number of nitrogens with two attached hydrogens (primary N) is 1. The third-order valence-corrected chi connectivity index (χ3v) is 1.61. The summed E-state index contributed by atoms with van der Waals surface area (Å²) < 4.78 is 0. The van der Waals surface area contributed by atoms with E-state index >= 15 is 0 Å². The molecule has 0 aromatic heterocycles. The Morgan fingerprint density at radius 2 is 2.40 bits per heavy atom. The summed E-state index contributed by atoms with van der Waals surface area (Å²) in [6, 6.07) is 0. The second kappa shape index (κ2) is 3.20. The molecule has 10 heavy (non-hydrogen) atoms. The van der Waals surface area contributed by atoms with Crippen LogP contribution in [0.5, 0.6) is 0 Å². The van der Waals surface area contributed by atoms with Gasteiger partial charge in [0.25, 0.3) is 0 Å². The van der Waals surface area contributed by atoms with Crippen molar-refractivity contribution in [2.24, 2.45) is 10.7 Å². The van der Waals surface area contributed by atoms with E-state index in [2.05, 4.69) is 11.6 Å². The summed E-state index contributed by atoms with van der Waals surface area (Å²) in [5, 5.41) is 0. The standard InChI is InChI=1S/C8H12N2/c1-2-8-7(6-9)4-3-5-10-8/h2,6H,1,3-5,9H2/b7-6-. The van der Waals surface area contributed by atoms with Crippen LogP contribution in [0.15, 0.2) is 29.4 Å². The minimum atomic E-state index is 0.915. The van der Waals surface area contributed by atoms with Crippen LogP contribution < -0.4 is 5.73 Å². The summed E-state index contributed by atoms with van der Waals surface area (Å²) in [6.07, 6.45) is 5.54. The summed E-state index contributed by atoms with van der Waals surface area (Å²) in [7, 11) is 0. The largest absolute Gasteiger partial charge is 0.404 e. The molecule has 0 amide bonds. The van der Waals surface area contributed by atoms with E-state index in [1.807, 2.05) is 0 Å². The zero-order chi connectivity index (χ0) is 7.40. The predicted octanol–water partition coefficient (Wildman–Crippen LogP) is 1.25. The zero-order valence-electron chi connectivity index (χ0n) is 6.01. The van der Waals surface area contributed by atoms with Crippen LogP contribution in [-0.2, 0) is 0 Å². The van der Waals surface area contributed by atoms with Crippen molar-refractivity contribution in [3.8, 4) is 0 Å². The van der Waals surface area contributed by atoms with Crippen molar-refractivity contribution in [1.82, 2.24) is 0 Å². The molecule has 1 aliphatic rings. The first-order chi connectivity index (χ1) is 4.88. The number of aliphatic imine (C=N–C) groups is 1. The number of hydrogen-bond donors (Lipinski definition) is 1. The average Bonchev–Trinajstić information content (AvgIpc) is 2.04. The maximum atomic E-state index is 5.38. The first-order valence-electron chi connectivity index (χ1n) is 3.46. The van der Waals surface area contributed by atoms with Gasteiger partial charge in [0.15, 0.2) is 0 Å². The summed E-state index contributed by atoms with van der Waals surface area (Å²) >= 11 is 0. The van der Waals surface area contributed by atoms with E-state index in [1.165, 1.54) is 0 Å². The Balaban J connectivity index is 2.82. The SMILES string of the molecule is C=CC1=NCCC/C1=C/N. The van der Waals surface area contributed by atoms with Crippen LogP contribution in [0.2, 0.25) is 0 Å². The van der Waals surface area contributed by atoms with Gasteiger partial charge < -0.3 is 5.73 Å². The van der Waals surface area contributed by atoms with Gasteiger partial charge >= 0.3 is 0 Å². The van der Waals surface area contributed by atoms with Crippen molar-refractivity contribution in [2.45, 2.75) is 12.8 Å². The van der Waals surface area contributed by atoms with E-state index in [4.69, 9.17) is 5.73 Å². The summed E-state index contributed by atoms with van der Waals surface area (Å²) in [5.41, 5.74) is 7.47. The van der Waals surface area contributed by atoms with E-state index in [0.717, 1.165) is 30.7 Å². The van der Waals surface area contributed by atoms with Gasteiger partial charge in [0, 0.05) is 6.54 Å². The number of nitrogens with zero attached hydrogens (tertiary/aromatic N) is 1. The Morgan fingerprint density at radius 1 is 1.60 bits per heavy atom. The first-order valence-corrected chi connectivity index (χ1v) is 3.46. The van der Waals surface area contributed by atoms with E-state index in [9.17, 15) is 0 Å². The second-order valence-corrected chi connectivity index (χ2v) is 2.27. The lowest BCUT2D eigenvalue weighted by atomic mass is 10.0. The Labute approximate surface area is 61.1 Å². The van der Waals surface area contributed by atoms with E-state index in [-0.39, 0.29) is 0 Å². The molecule has 0 fully saturated rings. The van der Waals surface area contributed by atoms with Crippen molar-refractivity contribution < 1.29 is 0 Å². The molecule has 0 saturated carbocycles. The Hall–Kier alpha value is -1.05. The fourth-order valence-corrected chi connectivity index (χ4v) is 1.06. The lowest BCUT2D eigenvalue weighted by Gasteiger charge is -2.11. The van der Waals surface area contributed by atoms with Crippen molar-refractivity contribution in [3.05, 3.63) is 24.4 Å². The van der Waals surface area contributed by atoms with Crippen LogP contribution in [-0.4, -0.2) is 12.3 Å². The molecule has 2 heteroatoms. The number of allylic oxidation sites excluding steroid dienone is 2. The fourth-order valence-electron chi connectivity index (χ4n) is 1.06. The minimum Gasteiger partial charge on any atom is -0.404 e. The summed E-state index contributed by atoms with van der Waals surface area (Å²) in [4.78, 5) is 4.25. The van der Waals surface area contributed by atoms with Crippen molar-refractivity contribution in [3.63, 3.8) is 0 Å². The van der Waals surface area contributed by atoms with E-state index in [1.54, 1.807) is 12.3 Å². The molecule has 54 valence electrons. The third kappa shape index (κ3) is 1.26. The molecular weight excluding hydrogens is 124 g/mol. The van der Waals surface area contributed by atoms with Gasteiger partial charge in [0.1, 0.15) is 0 Å². The molecule has 2 nitrogen and oxygen atoms in total. The number of rotatable bonds is 1. The van der Waals surface area contributed by atoms with Crippen molar-refractivity contribution >= 4 is 5.71 Å². The third-order valence-electron chi connectivity index (χ3n) is 1.61. The van der Waals surface area contributed by atoms with Crippen molar-refractivity contribution in [1.29, 1.82) is 0 Å². The van der Waals surface area contributed by atoms with Crippen LogP contribution in [0.3, 0.4) is 0 Å². The van der Waals surface area contributed by atoms with Gasteiger partial charge in [-0.25, -0.2) is 0 Å². The highest BCUT2D eigenvalue weighted by Crippen LogP contribution is 2.12. The molecule has 2 N–H and O–H groups in total. The van der Waals surface area contributed by atoms with Crippen LogP contribution in [0.1, 0.15) is 12.8 Å². The van der Waals surface area contributed by atoms with Gasteiger partial charge in [-0.15, -0.1) is 0 Å². The predicted molar refractivity (Wildman–Crippen MR) is 44.0 cm³/mol. The summed E-state index contributed by atoms with van der Waals surface area (Å²) in [6.45, 7) is 4.57. The van der Waals surface area contributed by atoms with Gasteiger partial charge in [-0.3, -0.25) is 4.99 Å². The minimum absolute atomic E-state index is 0.915. The Bertz CT molecular complexity index is 189. The molecule has 1 heterocycles. The molecular formula is C8H12N2. The van der Waals surface area contributed by atoms with Crippen LogP contribution in [0.4, 0.5) is 0 Å². The van der Waals surface area contributed by atoms with Crippen molar-refractivity contribution in [2.75, 3.05) is 6.54 Å². The maximum absolute atomic E-state index is 5.38. The van der Waals surface area contributed by atoms with Crippen LogP contribution in [0, 0.1) is 0 Å². The topological polar surface area (TPSA) is 38.4 Å². The molecule has 0 aromatic carbocycles. The van der Waals surface area contributed by atoms with Crippen LogP contribution in [0.25, 0.3) is 0 Å². The Kier molecular flexibility index (Phi) is 2.26. The lowest BCUT2D eigenvalue weighted by Crippen LogP contribution is -2.08. The van der Waals surface area contributed by atoms with Gasteiger partial charge in [-0.1, -0.05) is 6.58 Å². The quantitative estimate of drug-likeness (QED) is 0.579. The first kappa shape index (κ1) is 7.06. The summed E-state index contributed by atoms with van der Waals surface area (Å²) in [5.74, 6) is 0. The molecule has 0 spiro atoms. The molecule has 1 rings (SSSR count). The average molecular weight is 136 g/mol. The molecule has 0 bridgehead atoms. The molecule has 0 unspecified atom stereocenters. The normalized spacial score (nSPS) is 22.4. The highest BCUT2D eigenvalue weighted by Gasteiger charge is 2.06. The molecule has 0 atom stereocenters. The smallest absolute Gasteiger partial charge is 0.0614 e. The second-order valence-electron chi connectivity index (χ2n) is 2.27. The lowest BCUT2D eigenvalue weighted by molar-refractivity contribution is 0.815. The van der Waals surface area contributed by atoms with Gasteiger partial charge in [-0.2, -0.15) is 0 Å². The number of hydrogen-bond acceptors (Lipinski definition) is 2. The fraction of sp³-hybridized carbons (Fsp3) is 0.375. The molecule has 0 aliphatic carbocycles. The molecule has 1 aliphatic heterocycles. The molecule has 0 aromatic rings. The monoisotopic (exact) mass is 136 g/mol. The van der Waals surface area contributed by atoms with E-state index < -0.39 is 0 Å². The maximum Gasteiger partial charge on any atom is 0.0614 e. The zero-order valence-corrected chi connectivity index (χ0v) is 6.01. The highest BCUT2D eigenvalue weighted by atomic mass is 14.7.